The highest BCUT2D eigenvalue weighted by atomic mass is 19.2. The number of pyridine rings is 1. The SMILES string of the molecule is COCCN1CCN(c2ncc(-n3cc(C(=O)Nc4c[nH]c5cc(F)c(F)cc45)nn3)cc2F)CC1. The molecule has 0 aliphatic carbocycles. The molecule has 1 amide bonds. The summed E-state index contributed by atoms with van der Waals surface area (Å²) >= 11 is 0. The summed E-state index contributed by atoms with van der Waals surface area (Å²) in [7, 11) is 1.66. The van der Waals surface area contributed by atoms with Gasteiger partial charge in [-0.05, 0) is 6.07 Å². The van der Waals surface area contributed by atoms with E-state index in [2.05, 4.69) is 30.5 Å². The molecule has 0 spiro atoms. The number of fused-ring (bicyclic) bond motifs is 1. The first-order chi connectivity index (χ1) is 17.4. The second-order valence-corrected chi connectivity index (χ2v) is 8.34. The molecule has 13 heteroatoms. The average molecular weight is 500 g/mol. The molecule has 0 saturated carbocycles. The van der Waals surface area contributed by atoms with E-state index in [4.69, 9.17) is 4.74 Å². The number of carbonyl (C=O) groups excluding carboxylic acids is 1. The topological polar surface area (TPSA) is 104 Å². The van der Waals surface area contributed by atoms with Crippen LogP contribution in [0.15, 0.2) is 36.8 Å². The summed E-state index contributed by atoms with van der Waals surface area (Å²) < 4.78 is 48.3. The molecule has 0 atom stereocenters. The van der Waals surface area contributed by atoms with Gasteiger partial charge in [-0.2, -0.15) is 0 Å². The van der Waals surface area contributed by atoms with Crippen molar-refractivity contribution in [2.24, 2.45) is 0 Å². The summed E-state index contributed by atoms with van der Waals surface area (Å²) in [6.07, 6.45) is 4.21. The number of nitrogens with one attached hydrogen (secondary N) is 2. The largest absolute Gasteiger partial charge is 0.383 e. The van der Waals surface area contributed by atoms with E-state index in [0.717, 1.165) is 31.8 Å². The van der Waals surface area contributed by atoms with Crippen molar-refractivity contribution in [3.8, 4) is 5.69 Å². The van der Waals surface area contributed by atoms with Crippen LogP contribution >= 0.6 is 0 Å². The minimum Gasteiger partial charge on any atom is -0.383 e. The van der Waals surface area contributed by atoms with Crippen LogP contribution in [0.1, 0.15) is 10.5 Å². The van der Waals surface area contributed by atoms with Gasteiger partial charge in [0.15, 0.2) is 29.0 Å². The number of hydrogen-bond donors (Lipinski definition) is 2. The van der Waals surface area contributed by atoms with E-state index < -0.39 is 23.4 Å². The first-order valence-corrected chi connectivity index (χ1v) is 11.2. The van der Waals surface area contributed by atoms with Crippen molar-refractivity contribution in [1.29, 1.82) is 0 Å². The van der Waals surface area contributed by atoms with Crippen molar-refractivity contribution in [3.63, 3.8) is 0 Å². The Labute approximate surface area is 203 Å². The van der Waals surface area contributed by atoms with Gasteiger partial charge in [0.2, 0.25) is 0 Å². The van der Waals surface area contributed by atoms with Crippen LogP contribution in [-0.4, -0.2) is 82.2 Å². The Morgan fingerprint density at radius 3 is 2.64 bits per heavy atom. The van der Waals surface area contributed by atoms with E-state index in [0.29, 0.717) is 36.3 Å². The number of methoxy groups -OCH3 is 1. The average Bonchev–Trinajstić information content (AvgIpc) is 3.51. The van der Waals surface area contributed by atoms with Crippen molar-refractivity contribution in [3.05, 3.63) is 59.9 Å². The fourth-order valence-corrected chi connectivity index (χ4v) is 4.08. The zero-order chi connectivity index (χ0) is 25.2. The molecule has 0 bridgehead atoms. The van der Waals surface area contributed by atoms with E-state index >= 15 is 0 Å². The fourth-order valence-electron chi connectivity index (χ4n) is 4.08. The fraction of sp³-hybridized carbons (Fsp3) is 0.304. The third-order valence-electron chi connectivity index (χ3n) is 6.05. The molecule has 2 N–H and O–H groups in total. The summed E-state index contributed by atoms with van der Waals surface area (Å²) in [5.74, 6) is -2.90. The number of carbonyl (C=O) groups is 1. The Kier molecular flexibility index (Phi) is 6.57. The van der Waals surface area contributed by atoms with Crippen molar-refractivity contribution in [2.75, 3.05) is 56.7 Å². The maximum Gasteiger partial charge on any atom is 0.277 e. The second kappa shape index (κ2) is 9.95. The molecule has 1 fully saturated rings. The second-order valence-electron chi connectivity index (χ2n) is 8.34. The Morgan fingerprint density at radius 1 is 1.11 bits per heavy atom. The van der Waals surface area contributed by atoms with Gasteiger partial charge in [0.25, 0.3) is 5.91 Å². The molecule has 4 heterocycles. The zero-order valence-corrected chi connectivity index (χ0v) is 19.3. The monoisotopic (exact) mass is 500 g/mol. The van der Waals surface area contributed by atoms with Crippen molar-refractivity contribution >= 4 is 28.3 Å². The highest BCUT2D eigenvalue weighted by Crippen LogP contribution is 2.26. The number of ether oxygens (including phenoxy) is 1. The molecule has 188 valence electrons. The standard InChI is InChI=1S/C23H23F3N8O2/c1-36-7-6-32-2-4-33(5-3-32)22-18(26)8-14(11-28-22)34-13-21(30-31-34)23(35)29-20-12-27-19-10-17(25)16(24)9-15(19)20/h8-13,27H,2-7H2,1H3,(H,29,35). The van der Waals surface area contributed by atoms with Crippen LogP contribution in [0.25, 0.3) is 16.6 Å². The third kappa shape index (κ3) is 4.75. The van der Waals surface area contributed by atoms with Gasteiger partial charge in [0.05, 0.1) is 35.9 Å². The van der Waals surface area contributed by atoms with Gasteiger partial charge in [-0.15, -0.1) is 5.10 Å². The lowest BCUT2D eigenvalue weighted by molar-refractivity contribution is 0.102. The van der Waals surface area contributed by atoms with Gasteiger partial charge < -0.3 is 19.9 Å². The molecule has 36 heavy (non-hydrogen) atoms. The molecule has 3 aromatic heterocycles. The first-order valence-electron chi connectivity index (χ1n) is 11.2. The van der Waals surface area contributed by atoms with E-state index in [9.17, 15) is 18.0 Å². The van der Waals surface area contributed by atoms with Crippen LogP contribution in [0.5, 0.6) is 0 Å². The predicted octanol–water partition coefficient (Wildman–Crippen LogP) is 2.58. The Balaban J connectivity index is 1.27. The molecule has 1 aliphatic heterocycles. The minimum absolute atomic E-state index is 0.0522. The Bertz CT molecular complexity index is 1400. The highest BCUT2D eigenvalue weighted by Gasteiger charge is 2.21. The first kappa shape index (κ1) is 23.8. The normalized spacial score (nSPS) is 14.5. The van der Waals surface area contributed by atoms with Gasteiger partial charge in [0.1, 0.15) is 0 Å². The quantitative estimate of drug-likeness (QED) is 0.402. The number of anilines is 2. The van der Waals surface area contributed by atoms with Gasteiger partial charge in [-0.25, -0.2) is 22.8 Å². The van der Waals surface area contributed by atoms with Crippen LogP contribution in [-0.2, 0) is 4.74 Å². The van der Waals surface area contributed by atoms with E-state index in [1.165, 1.54) is 29.3 Å². The lowest BCUT2D eigenvalue weighted by Crippen LogP contribution is -2.47. The van der Waals surface area contributed by atoms with E-state index in [-0.39, 0.29) is 17.2 Å². The molecule has 5 rings (SSSR count). The molecular formula is C23H23F3N8O2. The summed E-state index contributed by atoms with van der Waals surface area (Å²) in [6.45, 7) is 4.34. The Hall–Kier alpha value is -3.97. The zero-order valence-electron chi connectivity index (χ0n) is 19.3. The molecule has 1 saturated heterocycles. The predicted molar refractivity (Wildman–Crippen MR) is 126 cm³/mol. The maximum atomic E-state index is 14.9. The van der Waals surface area contributed by atoms with Gasteiger partial charge in [-0.3, -0.25) is 9.69 Å². The number of benzene rings is 1. The highest BCUT2D eigenvalue weighted by molar-refractivity contribution is 6.07. The third-order valence-corrected chi connectivity index (χ3v) is 6.05. The molecule has 0 radical (unpaired) electrons. The van der Waals surface area contributed by atoms with Crippen LogP contribution in [0, 0.1) is 17.5 Å². The number of rotatable bonds is 7. The number of amides is 1. The Morgan fingerprint density at radius 2 is 1.89 bits per heavy atom. The number of hydrogen-bond acceptors (Lipinski definition) is 7. The number of halogens is 3. The molecule has 1 aromatic carbocycles. The van der Waals surface area contributed by atoms with Crippen molar-refractivity contribution in [2.45, 2.75) is 0 Å². The maximum absolute atomic E-state index is 14.9. The van der Waals surface area contributed by atoms with Gasteiger partial charge in [-0.1, -0.05) is 5.21 Å². The van der Waals surface area contributed by atoms with Crippen molar-refractivity contribution < 1.29 is 22.7 Å². The number of nitrogens with zero attached hydrogens (tertiary/aromatic N) is 6. The summed E-state index contributed by atoms with van der Waals surface area (Å²) in [4.78, 5) is 23.8. The van der Waals surface area contributed by atoms with E-state index in [1.54, 1.807) is 7.11 Å². The minimum atomic E-state index is -1.03. The van der Waals surface area contributed by atoms with Crippen LogP contribution in [0.3, 0.4) is 0 Å². The summed E-state index contributed by atoms with van der Waals surface area (Å²) in [5, 5.41) is 10.6. The summed E-state index contributed by atoms with van der Waals surface area (Å²) in [6, 6.07) is 3.28. The number of piperazine rings is 1. The lowest BCUT2D eigenvalue weighted by Gasteiger charge is -2.35. The van der Waals surface area contributed by atoms with Crippen LogP contribution in [0.4, 0.5) is 24.7 Å². The molecule has 1 aliphatic rings. The lowest BCUT2D eigenvalue weighted by atomic mass is 10.2. The van der Waals surface area contributed by atoms with Gasteiger partial charge in [0, 0.05) is 63.5 Å². The smallest absolute Gasteiger partial charge is 0.277 e. The number of aromatic amines is 1. The molecule has 10 nitrogen and oxygen atoms in total. The molecule has 0 unspecified atom stereocenters. The molecule has 4 aromatic rings. The van der Waals surface area contributed by atoms with E-state index in [1.807, 2.05) is 4.90 Å². The molecular weight excluding hydrogens is 477 g/mol. The van der Waals surface area contributed by atoms with Gasteiger partial charge >= 0.3 is 0 Å². The summed E-state index contributed by atoms with van der Waals surface area (Å²) in [5.41, 5.74) is 0.823. The number of H-pyrrole nitrogens is 1. The van der Waals surface area contributed by atoms with Crippen molar-refractivity contribution in [1.82, 2.24) is 29.9 Å². The van der Waals surface area contributed by atoms with Crippen LogP contribution < -0.4 is 10.2 Å². The van der Waals surface area contributed by atoms with Crippen LogP contribution in [0.2, 0.25) is 0 Å². The number of aromatic nitrogens is 5.